The summed E-state index contributed by atoms with van der Waals surface area (Å²) >= 11 is 1.74. The maximum atomic E-state index is 4.24. The smallest absolute Gasteiger partial charge is 0.109 e. The van der Waals surface area contributed by atoms with E-state index in [0.717, 1.165) is 6.42 Å². The van der Waals surface area contributed by atoms with Gasteiger partial charge in [0, 0.05) is 6.04 Å². The number of aryl methyl sites for hydroxylation is 1. The van der Waals surface area contributed by atoms with Crippen molar-refractivity contribution in [3.8, 4) is 0 Å². The Bertz CT molecular complexity index is 218. The summed E-state index contributed by atoms with van der Waals surface area (Å²) in [5.41, 5.74) is 0. The predicted octanol–water partition coefficient (Wildman–Crippen LogP) is 2.53. The van der Waals surface area contributed by atoms with Gasteiger partial charge in [0.25, 0.3) is 0 Å². The van der Waals surface area contributed by atoms with Crippen LogP contribution in [0, 0.1) is 0 Å². The molecule has 1 rings (SSSR count). The minimum absolute atomic E-state index is 0.500. The number of hydrogen-bond donors (Lipinski definition) is 1. The minimum Gasteiger partial charge on any atom is -0.373 e. The van der Waals surface area contributed by atoms with Gasteiger partial charge in [-0.2, -0.15) is 0 Å². The standard InChI is InChI=1S/C8H14N2S/c1-4-7-9-5-8(11-7)10-6(2)3/h5-6,10H,4H2,1-3H3. The minimum atomic E-state index is 0.500. The van der Waals surface area contributed by atoms with Gasteiger partial charge < -0.3 is 5.32 Å². The molecule has 0 radical (unpaired) electrons. The fraction of sp³-hybridized carbons (Fsp3) is 0.625. The zero-order valence-corrected chi connectivity index (χ0v) is 8.03. The zero-order valence-electron chi connectivity index (χ0n) is 7.22. The van der Waals surface area contributed by atoms with E-state index in [-0.39, 0.29) is 0 Å². The van der Waals surface area contributed by atoms with E-state index >= 15 is 0 Å². The van der Waals surface area contributed by atoms with Crippen LogP contribution in [0.4, 0.5) is 5.00 Å². The second kappa shape index (κ2) is 3.72. The highest BCUT2D eigenvalue weighted by Gasteiger charge is 1.99. The molecule has 1 N–H and O–H groups in total. The summed E-state index contributed by atoms with van der Waals surface area (Å²) in [6, 6.07) is 0.500. The lowest BCUT2D eigenvalue weighted by Gasteiger charge is -2.04. The fourth-order valence-corrected chi connectivity index (χ4v) is 1.73. The van der Waals surface area contributed by atoms with Crippen molar-refractivity contribution < 1.29 is 0 Å². The van der Waals surface area contributed by atoms with E-state index in [4.69, 9.17) is 0 Å². The first-order chi connectivity index (χ1) is 5.22. The molecule has 0 saturated heterocycles. The van der Waals surface area contributed by atoms with Crippen LogP contribution in [0.1, 0.15) is 25.8 Å². The SMILES string of the molecule is CCc1ncc(NC(C)C)s1. The summed E-state index contributed by atoms with van der Waals surface area (Å²) in [6.07, 6.45) is 2.94. The molecule has 1 heterocycles. The Morgan fingerprint density at radius 1 is 1.64 bits per heavy atom. The first kappa shape index (κ1) is 8.53. The average Bonchev–Trinajstić information content (AvgIpc) is 2.34. The second-order valence-corrected chi connectivity index (χ2v) is 3.89. The Kier molecular flexibility index (Phi) is 2.88. The van der Waals surface area contributed by atoms with Crippen LogP contribution in [0.5, 0.6) is 0 Å². The number of anilines is 1. The molecule has 0 atom stereocenters. The van der Waals surface area contributed by atoms with E-state index in [1.54, 1.807) is 11.3 Å². The van der Waals surface area contributed by atoms with Gasteiger partial charge in [-0.1, -0.05) is 6.92 Å². The van der Waals surface area contributed by atoms with Crippen LogP contribution in [-0.2, 0) is 6.42 Å². The van der Waals surface area contributed by atoms with E-state index < -0.39 is 0 Å². The van der Waals surface area contributed by atoms with Gasteiger partial charge in [0.15, 0.2) is 0 Å². The molecule has 0 aliphatic carbocycles. The Labute approximate surface area is 71.7 Å². The molecule has 1 aromatic heterocycles. The van der Waals surface area contributed by atoms with Crippen LogP contribution in [0.25, 0.3) is 0 Å². The molecule has 0 amide bonds. The van der Waals surface area contributed by atoms with E-state index in [1.165, 1.54) is 10.0 Å². The molecule has 3 heteroatoms. The summed E-state index contributed by atoms with van der Waals surface area (Å²) in [4.78, 5) is 4.24. The predicted molar refractivity (Wildman–Crippen MR) is 50.3 cm³/mol. The fourth-order valence-electron chi connectivity index (χ4n) is 0.825. The molecule has 62 valence electrons. The molecule has 0 saturated carbocycles. The molecule has 0 aliphatic heterocycles. The van der Waals surface area contributed by atoms with Gasteiger partial charge >= 0.3 is 0 Å². The van der Waals surface area contributed by atoms with Crippen molar-refractivity contribution in [2.45, 2.75) is 33.2 Å². The monoisotopic (exact) mass is 170 g/mol. The highest BCUT2D eigenvalue weighted by molar-refractivity contribution is 7.15. The molecule has 1 aromatic rings. The van der Waals surface area contributed by atoms with E-state index in [0.29, 0.717) is 6.04 Å². The van der Waals surface area contributed by atoms with Crippen LogP contribution in [-0.4, -0.2) is 11.0 Å². The van der Waals surface area contributed by atoms with Crippen LogP contribution in [0.15, 0.2) is 6.20 Å². The average molecular weight is 170 g/mol. The van der Waals surface area contributed by atoms with Gasteiger partial charge in [0.05, 0.1) is 11.2 Å². The topological polar surface area (TPSA) is 24.9 Å². The third-order valence-corrected chi connectivity index (χ3v) is 2.36. The molecule has 0 aliphatic rings. The van der Waals surface area contributed by atoms with Crippen LogP contribution in [0.3, 0.4) is 0 Å². The van der Waals surface area contributed by atoms with Gasteiger partial charge in [-0.25, -0.2) is 4.98 Å². The number of rotatable bonds is 3. The number of thiazole rings is 1. The lowest BCUT2D eigenvalue weighted by molar-refractivity contribution is 0.903. The van der Waals surface area contributed by atoms with Gasteiger partial charge in [-0.3, -0.25) is 0 Å². The van der Waals surface area contributed by atoms with Crippen molar-refractivity contribution >= 4 is 16.3 Å². The Hall–Kier alpha value is -0.570. The summed E-state index contributed by atoms with van der Waals surface area (Å²) in [7, 11) is 0. The normalized spacial score (nSPS) is 10.5. The molecule has 0 unspecified atom stereocenters. The molecule has 0 bridgehead atoms. The largest absolute Gasteiger partial charge is 0.373 e. The van der Waals surface area contributed by atoms with Crippen LogP contribution in [0.2, 0.25) is 0 Å². The van der Waals surface area contributed by atoms with E-state index in [2.05, 4.69) is 31.1 Å². The van der Waals surface area contributed by atoms with Crippen LogP contribution < -0.4 is 5.32 Å². The van der Waals surface area contributed by atoms with Crippen LogP contribution >= 0.6 is 11.3 Å². The second-order valence-electron chi connectivity index (χ2n) is 2.77. The zero-order chi connectivity index (χ0) is 8.27. The summed E-state index contributed by atoms with van der Waals surface area (Å²) in [5, 5.41) is 5.70. The third kappa shape index (κ3) is 2.50. The Morgan fingerprint density at radius 2 is 2.36 bits per heavy atom. The van der Waals surface area contributed by atoms with Gasteiger partial charge in [0.2, 0.25) is 0 Å². The Balaban J connectivity index is 2.58. The molecular weight excluding hydrogens is 156 g/mol. The van der Waals surface area contributed by atoms with Crippen molar-refractivity contribution in [1.82, 2.24) is 4.98 Å². The third-order valence-electron chi connectivity index (χ3n) is 1.29. The number of hydrogen-bond acceptors (Lipinski definition) is 3. The van der Waals surface area contributed by atoms with E-state index in [1.807, 2.05) is 6.20 Å². The maximum Gasteiger partial charge on any atom is 0.109 e. The maximum absolute atomic E-state index is 4.24. The first-order valence-corrected chi connectivity index (χ1v) is 4.75. The molecular formula is C8H14N2S. The molecule has 0 fully saturated rings. The van der Waals surface area contributed by atoms with Crippen molar-refractivity contribution in [2.75, 3.05) is 5.32 Å². The number of nitrogens with one attached hydrogen (secondary N) is 1. The summed E-state index contributed by atoms with van der Waals surface area (Å²) in [5.74, 6) is 0. The van der Waals surface area contributed by atoms with Gasteiger partial charge in [-0.05, 0) is 20.3 Å². The summed E-state index contributed by atoms with van der Waals surface area (Å²) in [6.45, 7) is 6.38. The van der Waals surface area contributed by atoms with Crippen molar-refractivity contribution in [1.29, 1.82) is 0 Å². The first-order valence-electron chi connectivity index (χ1n) is 3.93. The quantitative estimate of drug-likeness (QED) is 0.754. The molecule has 0 spiro atoms. The molecule has 2 nitrogen and oxygen atoms in total. The van der Waals surface area contributed by atoms with Crippen molar-refractivity contribution in [3.05, 3.63) is 11.2 Å². The lowest BCUT2D eigenvalue weighted by Crippen LogP contribution is -2.07. The number of aromatic nitrogens is 1. The van der Waals surface area contributed by atoms with Gasteiger partial charge in [-0.15, -0.1) is 11.3 Å². The highest BCUT2D eigenvalue weighted by atomic mass is 32.1. The number of nitrogens with zero attached hydrogens (tertiary/aromatic N) is 1. The lowest BCUT2D eigenvalue weighted by atomic mass is 10.4. The Morgan fingerprint density at radius 3 is 2.82 bits per heavy atom. The molecule has 0 aromatic carbocycles. The van der Waals surface area contributed by atoms with Crippen molar-refractivity contribution in [2.24, 2.45) is 0 Å². The van der Waals surface area contributed by atoms with Crippen molar-refractivity contribution in [3.63, 3.8) is 0 Å². The summed E-state index contributed by atoms with van der Waals surface area (Å²) < 4.78 is 0. The van der Waals surface area contributed by atoms with Gasteiger partial charge in [0.1, 0.15) is 5.00 Å². The van der Waals surface area contributed by atoms with E-state index in [9.17, 15) is 0 Å². The molecule has 11 heavy (non-hydrogen) atoms. The highest BCUT2D eigenvalue weighted by Crippen LogP contribution is 2.19.